The third kappa shape index (κ3) is 0.593. The molecule has 0 aliphatic carbocycles. The van der Waals surface area contributed by atoms with Crippen LogP contribution in [0.25, 0.3) is 10.3 Å². The molecule has 0 atom stereocenters. The van der Waals surface area contributed by atoms with Gasteiger partial charge in [-0.25, -0.2) is 9.67 Å². The number of fused-ring (bicyclic) bond motifs is 1. The Kier molecular flexibility index (Phi) is 1.05. The van der Waals surface area contributed by atoms with Gasteiger partial charge in [0.2, 0.25) is 0 Å². The van der Waals surface area contributed by atoms with Gasteiger partial charge in [0.15, 0.2) is 11.2 Å². The summed E-state index contributed by atoms with van der Waals surface area (Å²) in [5.74, 6) is 0. The van der Waals surface area contributed by atoms with Crippen LogP contribution in [-0.4, -0.2) is 14.8 Å². The molecule has 4 heteroatoms. The van der Waals surface area contributed by atoms with E-state index in [9.17, 15) is 0 Å². The first-order valence-electron chi connectivity index (χ1n) is 2.95. The fourth-order valence-corrected chi connectivity index (χ4v) is 1.66. The lowest BCUT2D eigenvalue weighted by Gasteiger charge is -1.83. The second-order valence-corrected chi connectivity index (χ2v) is 2.96. The molecule has 1 radical (unpaired) electrons. The Morgan fingerprint density at radius 1 is 1.60 bits per heavy atom. The summed E-state index contributed by atoms with van der Waals surface area (Å²) >= 11 is 1.52. The van der Waals surface area contributed by atoms with Gasteiger partial charge in [-0.15, -0.1) is 11.3 Å². The summed E-state index contributed by atoms with van der Waals surface area (Å²) in [7, 11) is 1.89. The monoisotopic (exact) mass is 152 g/mol. The Balaban J connectivity index is 2.98. The standard InChI is InChI=1S/C6H6N3S/c1-4-5-6(7-3-10-5)9(2)8-4/h1-2H3. The summed E-state index contributed by atoms with van der Waals surface area (Å²) in [6.45, 7) is 1.98. The van der Waals surface area contributed by atoms with Crippen molar-refractivity contribution in [1.82, 2.24) is 14.8 Å². The van der Waals surface area contributed by atoms with Crippen LogP contribution < -0.4 is 0 Å². The summed E-state index contributed by atoms with van der Waals surface area (Å²) in [5, 5.41) is 4.19. The first-order valence-corrected chi connectivity index (χ1v) is 3.77. The number of nitrogens with zero attached hydrogens (tertiary/aromatic N) is 3. The Morgan fingerprint density at radius 3 is 3.10 bits per heavy atom. The molecule has 2 rings (SSSR count). The molecule has 10 heavy (non-hydrogen) atoms. The zero-order valence-electron chi connectivity index (χ0n) is 5.75. The van der Waals surface area contributed by atoms with Gasteiger partial charge in [0.05, 0.1) is 10.4 Å². The highest BCUT2D eigenvalue weighted by atomic mass is 32.1. The quantitative estimate of drug-likeness (QED) is 0.566. The lowest BCUT2D eigenvalue weighted by atomic mass is 10.5. The number of aryl methyl sites for hydroxylation is 2. The minimum Gasteiger partial charge on any atom is -0.249 e. The van der Waals surface area contributed by atoms with Crippen molar-refractivity contribution >= 4 is 21.7 Å². The van der Waals surface area contributed by atoms with Gasteiger partial charge in [0, 0.05) is 7.05 Å². The molecular formula is C6H6N3S. The van der Waals surface area contributed by atoms with E-state index in [0.29, 0.717) is 0 Å². The molecule has 2 aromatic heterocycles. The maximum Gasteiger partial charge on any atom is 0.169 e. The molecule has 0 saturated carbocycles. The third-order valence-corrected chi connectivity index (χ3v) is 2.30. The average Bonchev–Trinajstić information content (AvgIpc) is 2.39. The van der Waals surface area contributed by atoms with E-state index in [0.717, 1.165) is 16.0 Å². The largest absolute Gasteiger partial charge is 0.249 e. The molecular weight excluding hydrogens is 146 g/mol. The van der Waals surface area contributed by atoms with E-state index in [1.54, 1.807) is 4.68 Å². The molecule has 2 aromatic rings. The number of rotatable bonds is 0. The molecule has 0 fully saturated rings. The second kappa shape index (κ2) is 1.79. The van der Waals surface area contributed by atoms with Gasteiger partial charge in [-0.2, -0.15) is 5.10 Å². The van der Waals surface area contributed by atoms with Crippen LogP contribution in [0.4, 0.5) is 0 Å². The van der Waals surface area contributed by atoms with Gasteiger partial charge in [-0.3, -0.25) is 0 Å². The van der Waals surface area contributed by atoms with Crippen molar-refractivity contribution in [3.63, 3.8) is 0 Å². The molecule has 0 unspecified atom stereocenters. The zero-order valence-corrected chi connectivity index (χ0v) is 6.57. The van der Waals surface area contributed by atoms with E-state index in [1.807, 2.05) is 14.0 Å². The maximum absolute atomic E-state index is 4.19. The summed E-state index contributed by atoms with van der Waals surface area (Å²) in [6.07, 6.45) is 0. The van der Waals surface area contributed by atoms with Crippen LogP contribution in [0.3, 0.4) is 0 Å². The van der Waals surface area contributed by atoms with Crippen LogP contribution in [0, 0.1) is 12.4 Å². The molecule has 0 aliphatic heterocycles. The van der Waals surface area contributed by atoms with Crippen LogP contribution in [0.15, 0.2) is 0 Å². The molecule has 0 amide bonds. The molecule has 3 nitrogen and oxygen atoms in total. The molecule has 0 spiro atoms. The van der Waals surface area contributed by atoms with Crippen molar-refractivity contribution in [3.05, 3.63) is 11.2 Å². The van der Waals surface area contributed by atoms with Crippen molar-refractivity contribution in [2.45, 2.75) is 6.92 Å². The SMILES string of the molecule is Cc1nn(C)c2n[c]sc12. The Hall–Kier alpha value is -0.900. The van der Waals surface area contributed by atoms with E-state index >= 15 is 0 Å². The van der Waals surface area contributed by atoms with Crippen LogP contribution in [0.5, 0.6) is 0 Å². The van der Waals surface area contributed by atoms with Crippen molar-refractivity contribution < 1.29 is 0 Å². The van der Waals surface area contributed by atoms with Crippen LogP contribution >= 0.6 is 11.3 Å². The van der Waals surface area contributed by atoms with Crippen molar-refractivity contribution in [2.75, 3.05) is 0 Å². The van der Waals surface area contributed by atoms with E-state index < -0.39 is 0 Å². The van der Waals surface area contributed by atoms with E-state index in [1.165, 1.54) is 11.3 Å². The van der Waals surface area contributed by atoms with Crippen LogP contribution in [0.2, 0.25) is 0 Å². The molecule has 2 heterocycles. The van der Waals surface area contributed by atoms with Crippen molar-refractivity contribution in [2.24, 2.45) is 7.05 Å². The summed E-state index contributed by atoms with van der Waals surface area (Å²) in [6, 6.07) is 0. The topological polar surface area (TPSA) is 30.7 Å². The molecule has 0 bridgehead atoms. The first kappa shape index (κ1) is 5.85. The minimum atomic E-state index is 0.933. The first-order chi connectivity index (χ1) is 4.79. The van der Waals surface area contributed by atoms with Gasteiger partial charge >= 0.3 is 0 Å². The Bertz CT molecular complexity index is 328. The fourth-order valence-electron chi connectivity index (χ4n) is 0.981. The third-order valence-electron chi connectivity index (χ3n) is 1.44. The number of hydrogen-bond acceptors (Lipinski definition) is 3. The van der Waals surface area contributed by atoms with Crippen LogP contribution in [-0.2, 0) is 7.05 Å². The predicted octanol–water partition coefficient (Wildman–Crippen LogP) is 1.14. The summed E-state index contributed by atoms with van der Waals surface area (Å²) < 4.78 is 2.92. The van der Waals surface area contributed by atoms with E-state index in [2.05, 4.69) is 15.6 Å². The molecule has 0 N–H and O–H groups in total. The van der Waals surface area contributed by atoms with Crippen LogP contribution in [0.1, 0.15) is 5.69 Å². The summed E-state index contributed by atoms with van der Waals surface area (Å²) in [4.78, 5) is 4.03. The molecule has 0 aliphatic rings. The Morgan fingerprint density at radius 2 is 2.40 bits per heavy atom. The lowest BCUT2D eigenvalue weighted by Crippen LogP contribution is -1.89. The number of hydrogen-bond donors (Lipinski definition) is 0. The minimum absolute atomic E-state index is 0.933. The van der Waals surface area contributed by atoms with E-state index in [-0.39, 0.29) is 0 Å². The summed E-state index contributed by atoms with van der Waals surface area (Å²) in [5.41, 5.74) is 4.80. The molecule has 51 valence electrons. The molecule has 0 saturated heterocycles. The second-order valence-electron chi connectivity index (χ2n) is 2.17. The van der Waals surface area contributed by atoms with Crippen molar-refractivity contribution in [3.8, 4) is 0 Å². The number of thiazole rings is 1. The highest BCUT2D eigenvalue weighted by Crippen LogP contribution is 2.19. The predicted molar refractivity (Wildman–Crippen MR) is 40.0 cm³/mol. The number of aromatic nitrogens is 3. The van der Waals surface area contributed by atoms with Gasteiger partial charge in [-0.05, 0) is 6.92 Å². The zero-order chi connectivity index (χ0) is 7.14. The van der Waals surface area contributed by atoms with Crippen molar-refractivity contribution in [1.29, 1.82) is 0 Å². The van der Waals surface area contributed by atoms with Gasteiger partial charge in [0.1, 0.15) is 0 Å². The van der Waals surface area contributed by atoms with Gasteiger partial charge in [-0.1, -0.05) is 0 Å². The fraction of sp³-hybridized carbons (Fsp3) is 0.333. The lowest BCUT2D eigenvalue weighted by molar-refractivity contribution is 0.774. The Labute approximate surface area is 62.3 Å². The highest BCUT2D eigenvalue weighted by Gasteiger charge is 2.05. The maximum atomic E-state index is 4.19. The van der Waals surface area contributed by atoms with E-state index in [4.69, 9.17) is 0 Å². The van der Waals surface area contributed by atoms with Gasteiger partial charge < -0.3 is 0 Å². The normalized spacial score (nSPS) is 11.0. The molecule has 0 aromatic carbocycles. The average molecular weight is 152 g/mol. The highest BCUT2D eigenvalue weighted by molar-refractivity contribution is 7.16. The smallest absolute Gasteiger partial charge is 0.169 e. The van der Waals surface area contributed by atoms with Gasteiger partial charge in [0.25, 0.3) is 0 Å².